The highest BCUT2D eigenvalue weighted by Crippen LogP contribution is 2.28. The monoisotopic (exact) mass is 407 g/mol. The fraction of sp³-hybridized carbons (Fsp3) is 0.136. The van der Waals surface area contributed by atoms with Crippen LogP contribution in [0.1, 0.15) is 16.1 Å². The first-order valence-electron chi connectivity index (χ1n) is 9.25. The fourth-order valence-electron chi connectivity index (χ4n) is 3.28. The van der Waals surface area contributed by atoms with Crippen molar-refractivity contribution in [2.24, 2.45) is 0 Å². The summed E-state index contributed by atoms with van der Waals surface area (Å²) in [4.78, 5) is 19.0. The van der Waals surface area contributed by atoms with E-state index in [9.17, 15) is 13.6 Å². The highest BCUT2D eigenvalue weighted by molar-refractivity contribution is 6.11. The van der Waals surface area contributed by atoms with Crippen molar-refractivity contribution in [3.63, 3.8) is 0 Å². The minimum Gasteiger partial charge on any atom is -0.319 e. The van der Waals surface area contributed by atoms with Gasteiger partial charge in [0.1, 0.15) is 0 Å². The molecule has 0 fully saturated rings. The molecule has 0 bridgehead atoms. The highest BCUT2D eigenvalue weighted by atomic mass is 19.2. The van der Waals surface area contributed by atoms with Gasteiger partial charge in [0.25, 0.3) is 5.91 Å². The molecule has 4 rings (SSSR count). The van der Waals surface area contributed by atoms with Gasteiger partial charge in [-0.15, -0.1) is 0 Å². The molecular formula is C22H19F2N5O. The number of aromatic nitrogens is 3. The highest BCUT2D eigenvalue weighted by Gasteiger charge is 2.17. The van der Waals surface area contributed by atoms with Crippen molar-refractivity contribution in [1.82, 2.24) is 20.1 Å². The maximum atomic E-state index is 14.2. The van der Waals surface area contributed by atoms with Crippen molar-refractivity contribution >= 4 is 22.5 Å². The average Bonchev–Trinajstić information content (AvgIpc) is 3.13. The molecule has 0 saturated heterocycles. The number of carbonyl (C=O) groups is 1. The minimum absolute atomic E-state index is 0.116. The zero-order valence-electron chi connectivity index (χ0n) is 16.4. The van der Waals surface area contributed by atoms with Crippen LogP contribution in [0.25, 0.3) is 22.0 Å². The van der Waals surface area contributed by atoms with Crippen LogP contribution in [0.3, 0.4) is 0 Å². The largest absolute Gasteiger partial charge is 0.319 e. The van der Waals surface area contributed by atoms with Crippen molar-refractivity contribution in [2.75, 3.05) is 19.4 Å². The number of pyridine rings is 1. The topological polar surface area (TPSA) is 73.9 Å². The maximum Gasteiger partial charge on any atom is 0.276 e. The van der Waals surface area contributed by atoms with Gasteiger partial charge in [0.15, 0.2) is 17.3 Å². The quantitative estimate of drug-likeness (QED) is 0.520. The molecule has 30 heavy (non-hydrogen) atoms. The van der Waals surface area contributed by atoms with Crippen LogP contribution in [0, 0.1) is 11.6 Å². The predicted octanol–water partition coefficient (Wildman–Crippen LogP) is 4.22. The fourth-order valence-corrected chi connectivity index (χ4v) is 3.28. The molecular weight excluding hydrogens is 388 g/mol. The van der Waals surface area contributed by atoms with Gasteiger partial charge in [-0.1, -0.05) is 18.2 Å². The first-order chi connectivity index (χ1) is 14.4. The Morgan fingerprint density at radius 2 is 1.97 bits per heavy atom. The van der Waals surface area contributed by atoms with Crippen LogP contribution in [0.15, 0.2) is 54.9 Å². The summed E-state index contributed by atoms with van der Waals surface area (Å²) in [5, 5.41) is 10.2. The van der Waals surface area contributed by atoms with Gasteiger partial charge < -0.3 is 10.2 Å². The van der Waals surface area contributed by atoms with Gasteiger partial charge in [-0.3, -0.25) is 14.9 Å². The number of hydrogen-bond acceptors (Lipinski definition) is 4. The Labute approximate surface area is 171 Å². The number of H-pyrrole nitrogens is 1. The standard InChI is InChI=1S/C22H19F2N5O/c1-29(2)12-13-8-15(11-25-10-13)26-22(30)21-17-9-14(6-7-19(17)27-28-21)16-4-3-5-18(23)20(16)24/h3-11H,12H2,1-2H3,(H,26,30)(H,27,28). The summed E-state index contributed by atoms with van der Waals surface area (Å²) in [5.74, 6) is -2.29. The van der Waals surface area contributed by atoms with E-state index in [4.69, 9.17) is 0 Å². The van der Waals surface area contributed by atoms with Gasteiger partial charge in [0.05, 0.1) is 17.4 Å². The van der Waals surface area contributed by atoms with Gasteiger partial charge in [0, 0.05) is 23.7 Å². The van der Waals surface area contributed by atoms with Crippen LogP contribution in [-0.2, 0) is 6.54 Å². The third kappa shape index (κ3) is 3.90. The Morgan fingerprint density at radius 1 is 1.13 bits per heavy atom. The maximum absolute atomic E-state index is 14.2. The van der Waals surface area contributed by atoms with Crippen LogP contribution >= 0.6 is 0 Å². The summed E-state index contributed by atoms with van der Waals surface area (Å²) < 4.78 is 27.8. The molecule has 0 aliphatic rings. The van der Waals surface area contributed by atoms with E-state index in [2.05, 4.69) is 20.5 Å². The van der Waals surface area contributed by atoms with E-state index in [1.807, 2.05) is 25.1 Å². The molecule has 2 aromatic carbocycles. The van der Waals surface area contributed by atoms with Crippen LogP contribution in [0.4, 0.5) is 14.5 Å². The Bertz CT molecular complexity index is 1240. The zero-order valence-corrected chi connectivity index (χ0v) is 16.4. The third-order valence-corrected chi connectivity index (χ3v) is 4.59. The van der Waals surface area contributed by atoms with Crippen molar-refractivity contribution in [3.05, 3.63) is 77.8 Å². The third-order valence-electron chi connectivity index (χ3n) is 4.59. The summed E-state index contributed by atoms with van der Waals surface area (Å²) in [6.45, 7) is 0.685. The molecule has 0 atom stereocenters. The molecule has 152 valence electrons. The van der Waals surface area contributed by atoms with E-state index in [0.717, 1.165) is 11.6 Å². The van der Waals surface area contributed by atoms with E-state index in [-0.39, 0.29) is 11.3 Å². The van der Waals surface area contributed by atoms with Crippen LogP contribution in [-0.4, -0.2) is 40.1 Å². The van der Waals surface area contributed by atoms with E-state index >= 15 is 0 Å². The number of fused-ring (bicyclic) bond motifs is 1. The van der Waals surface area contributed by atoms with Crippen molar-refractivity contribution in [1.29, 1.82) is 0 Å². The lowest BCUT2D eigenvalue weighted by Gasteiger charge is -2.10. The molecule has 0 saturated carbocycles. The number of nitrogens with one attached hydrogen (secondary N) is 2. The normalized spacial score (nSPS) is 11.2. The molecule has 2 N–H and O–H groups in total. The number of aromatic amines is 1. The summed E-state index contributed by atoms with van der Waals surface area (Å²) in [6.07, 6.45) is 3.29. The van der Waals surface area contributed by atoms with Crippen LogP contribution in [0.5, 0.6) is 0 Å². The minimum atomic E-state index is -0.935. The van der Waals surface area contributed by atoms with E-state index < -0.39 is 17.5 Å². The molecule has 0 spiro atoms. The smallest absolute Gasteiger partial charge is 0.276 e. The van der Waals surface area contributed by atoms with Gasteiger partial charge in [-0.2, -0.15) is 5.10 Å². The molecule has 6 nitrogen and oxygen atoms in total. The number of rotatable bonds is 5. The zero-order chi connectivity index (χ0) is 21.3. The first-order valence-corrected chi connectivity index (χ1v) is 9.25. The van der Waals surface area contributed by atoms with Gasteiger partial charge in [-0.05, 0) is 49.5 Å². The average molecular weight is 407 g/mol. The van der Waals surface area contributed by atoms with Crippen molar-refractivity contribution < 1.29 is 13.6 Å². The summed E-state index contributed by atoms with van der Waals surface area (Å²) in [7, 11) is 3.89. The van der Waals surface area contributed by atoms with E-state index in [0.29, 0.717) is 28.7 Å². The van der Waals surface area contributed by atoms with Crippen molar-refractivity contribution in [2.45, 2.75) is 6.54 Å². The summed E-state index contributed by atoms with van der Waals surface area (Å²) >= 11 is 0. The number of nitrogens with zero attached hydrogens (tertiary/aromatic N) is 3. The molecule has 0 aliphatic carbocycles. The van der Waals surface area contributed by atoms with E-state index in [1.54, 1.807) is 30.6 Å². The Hall–Kier alpha value is -3.65. The molecule has 8 heteroatoms. The Morgan fingerprint density at radius 3 is 2.77 bits per heavy atom. The van der Waals surface area contributed by atoms with Gasteiger partial charge >= 0.3 is 0 Å². The number of benzene rings is 2. The molecule has 2 aromatic heterocycles. The lowest BCUT2D eigenvalue weighted by Crippen LogP contribution is -2.14. The molecule has 2 heterocycles. The lowest BCUT2D eigenvalue weighted by molar-refractivity contribution is 0.102. The Balaban J connectivity index is 1.66. The summed E-state index contributed by atoms with van der Waals surface area (Å²) in [6, 6.07) is 10.8. The first kappa shape index (κ1) is 19.7. The number of carbonyl (C=O) groups excluding carboxylic acids is 1. The number of hydrogen-bond donors (Lipinski definition) is 2. The summed E-state index contributed by atoms with van der Waals surface area (Å²) in [5.41, 5.74) is 2.83. The molecule has 0 unspecified atom stereocenters. The number of halogens is 2. The number of anilines is 1. The van der Waals surface area contributed by atoms with Gasteiger partial charge in [-0.25, -0.2) is 8.78 Å². The SMILES string of the molecule is CN(C)Cc1cncc(NC(=O)c2n[nH]c3ccc(-c4cccc(F)c4F)cc23)c1. The molecule has 1 amide bonds. The molecule has 0 radical (unpaired) electrons. The number of amides is 1. The predicted molar refractivity (Wildman–Crippen MR) is 111 cm³/mol. The second kappa shape index (κ2) is 8.00. The molecule has 0 aliphatic heterocycles. The second-order valence-corrected chi connectivity index (χ2v) is 7.21. The Kier molecular flexibility index (Phi) is 5.24. The van der Waals surface area contributed by atoms with E-state index in [1.165, 1.54) is 12.1 Å². The van der Waals surface area contributed by atoms with Crippen molar-refractivity contribution in [3.8, 4) is 11.1 Å². The van der Waals surface area contributed by atoms with Crippen LogP contribution in [0.2, 0.25) is 0 Å². The lowest BCUT2D eigenvalue weighted by atomic mass is 10.0. The van der Waals surface area contributed by atoms with Crippen LogP contribution < -0.4 is 5.32 Å². The second-order valence-electron chi connectivity index (χ2n) is 7.21. The molecule has 4 aromatic rings. The van der Waals surface area contributed by atoms with Gasteiger partial charge in [0.2, 0.25) is 0 Å².